The zero-order chi connectivity index (χ0) is 19.8. The number of halogens is 3. The first-order valence-corrected chi connectivity index (χ1v) is 9.10. The van der Waals surface area contributed by atoms with E-state index in [4.69, 9.17) is 5.11 Å². The Labute approximate surface area is 159 Å². The van der Waals surface area contributed by atoms with Crippen LogP contribution in [0.15, 0.2) is 36.4 Å². The lowest BCUT2D eigenvalue weighted by molar-refractivity contribution is -0.138. The molecule has 1 aromatic heterocycles. The van der Waals surface area contributed by atoms with Crippen molar-refractivity contribution in [2.75, 3.05) is 19.7 Å². The predicted octanol–water partition coefficient (Wildman–Crippen LogP) is 3.64. The highest BCUT2D eigenvalue weighted by atomic mass is 19.1. The summed E-state index contributed by atoms with van der Waals surface area (Å²) in [6.07, 6.45) is 0.464. The van der Waals surface area contributed by atoms with Crippen molar-refractivity contribution in [2.24, 2.45) is 5.92 Å². The Bertz CT molecular complexity index is 1020. The Kier molecular flexibility index (Phi) is 4.85. The summed E-state index contributed by atoms with van der Waals surface area (Å²) in [7, 11) is 0. The van der Waals surface area contributed by atoms with Crippen LogP contribution in [0.2, 0.25) is 0 Å². The molecule has 146 valence electrons. The van der Waals surface area contributed by atoms with Crippen LogP contribution in [-0.4, -0.2) is 40.6 Å². The van der Waals surface area contributed by atoms with E-state index in [1.54, 1.807) is 17.0 Å². The molecule has 4 rings (SSSR count). The maximum atomic E-state index is 14.3. The Morgan fingerprint density at radius 2 is 1.82 bits per heavy atom. The van der Waals surface area contributed by atoms with Gasteiger partial charge in [0.05, 0.1) is 5.52 Å². The van der Waals surface area contributed by atoms with Gasteiger partial charge in [0.1, 0.15) is 17.5 Å². The Morgan fingerprint density at radius 3 is 2.50 bits per heavy atom. The number of fused-ring (bicyclic) bond motifs is 1. The van der Waals surface area contributed by atoms with Crippen LogP contribution >= 0.6 is 0 Å². The lowest BCUT2D eigenvalue weighted by atomic mass is 9.98. The second kappa shape index (κ2) is 7.31. The van der Waals surface area contributed by atoms with E-state index in [1.165, 1.54) is 18.2 Å². The van der Waals surface area contributed by atoms with Crippen LogP contribution < -0.4 is 0 Å². The average Bonchev–Trinajstić information content (AvgIpc) is 2.98. The molecule has 1 aliphatic heterocycles. The number of aliphatic hydroxyl groups excluding tert-OH is 1. The van der Waals surface area contributed by atoms with Gasteiger partial charge >= 0.3 is 0 Å². The van der Waals surface area contributed by atoms with Crippen LogP contribution in [0, 0.1) is 23.4 Å². The second-order valence-electron chi connectivity index (χ2n) is 7.14. The number of hydrogen-bond acceptors (Lipinski definition) is 2. The molecule has 0 bridgehead atoms. The molecule has 0 spiro atoms. The zero-order valence-electron chi connectivity index (χ0n) is 15.0. The molecule has 1 aliphatic rings. The lowest BCUT2D eigenvalue weighted by Crippen LogP contribution is -2.51. The number of hydrogen-bond donors (Lipinski definition) is 2. The van der Waals surface area contributed by atoms with Crippen LogP contribution in [0.5, 0.6) is 0 Å². The summed E-state index contributed by atoms with van der Waals surface area (Å²) in [5, 5.41) is 9.45. The highest BCUT2D eigenvalue weighted by molar-refractivity contribution is 5.92. The number of carbonyl (C=O) groups excluding carboxylic acids is 1. The van der Waals surface area contributed by atoms with E-state index < -0.39 is 17.5 Å². The molecule has 2 heterocycles. The third-order valence-electron chi connectivity index (χ3n) is 5.22. The standard InChI is InChI=1S/C21H19F3N2O2/c22-14-3-1-13(2-4-14)20-16(5-6-19(28)26-9-12(10-26)11-27)17-7-15(23)8-18(24)21(17)25-20/h1-4,7-8,12,25,27H,5-6,9-11H2. The van der Waals surface area contributed by atoms with E-state index in [2.05, 4.69) is 4.98 Å². The molecular formula is C21H19F3N2O2. The average molecular weight is 388 g/mol. The topological polar surface area (TPSA) is 56.3 Å². The van der Waals surface area contributed by atoms with Crippen molar-refractivity contribution in [1.82, 2.24) is 9.88 Å². The van der Waals surface area contributed by atoms with Crippen LogP contribution in [0.1, 0.15) is 12.0 Å². The molecular weight excluding hydrogens is 369 g/mol. The van der Waals surface area contributed by atoms with E-state index >= 15 is 0 Å². The van der Waals surface area contributed by atoms with Gasteiger partial charge in [-0.2, -0.15) is 0 Å². The monoisotopic (exact) mass is 388 g/mol. The molecule has 0 unspecified atom stereocenters. The Balaban J connectivity index is 1.67. The largest absolute Gasteiger partial charge is 0.396 e. The summed E-state index contributed by atoms with van der Waals surface area (Å²) in [6.45, 7) is 1.11. The number of aliphatic hydroxyl groups is 1. The van der Waals surface area contributed by atoms with Crippen LogP contribution in [0.25, 0.3) is 22.2 Å². The number of nitrogens with zero attached hydrogens (tertiary/aromatic N) is 1. The highest BCUT2D eigenvalue weighted by Gasteiger charge is 2.29. The van der Waals surface area contributed by atoms with Crippen LogP contribution in [0.3, 0.4) is 0 Å². The number of aryl methyl sites for hydroxylation is 1. The molecule has 3 aromatic rings. The smallest absolute Gasteiger partial charge is 0.222 e. The first kappa shape index (κ1) is 18.6. The van der Waals surface area contributed by atoms with Crippen molar-refractivity contribution in [3.8, 4) is 11.3 Å². The Hall–Kier alpha value is -2.80. The van der Waals surface area contributed by atoms with Gasteiger partial charge in [-0.15, -0.1) is 0 Å². The highest BCUT2D eigenvalue weighted by Crippen LogP contribution is 2.33. The van der Waals surface area contributed by atoms with Crippen molar-refractivity contribution in [3.05, 3.63) is 59.4 Å². The van der Waals surface area contributed by atoms with Crippen molar-refractivity contribution in [3.63, 3.8) is 0 Å². The van der Waals surface area contributed by atoms with Crippen LogP contribution in [0.4, 0.5) is 13.2 Å². The molecule has 4 nitrogen and oxygen atoms in total. The second-order valence-corrected chi connectivity index (χ2v) is 7.14. The zero-order valence-corrected chi connectivity index (χ0v) is 15.0. The molecule has 0 radical (unpaired) electrons. The lowest BCUT2D eigenvalue weighted by Gasteiger charge is -2.38. The fraction of sp³-hybridized carbons (Fsp3) is 0.286. The quantitative estimate of drug-likeness (QED) is 0.701. The maximum Gasteiger partial charge on any atom is 0.222 e. The number of nitrogens with one attached hydrogen (secondary N) is 1. The van der Waals surface area contributed by atoms with Gasteiger partial charge < -0.3 is 15.0 Å². The summed E-state index contributed by atoms with van der Waals surface area (Å²) in [5.74, 6) is -1.76. The van der Waals surface area contributed by atoms with E-state index in [-0.39, 0.29) is 36.8 Å². The summed E-state index contributed by atoms with van der Waals surface area (Å²) >= 11 is 0. The van der Waals surface area contributed by atoms with Gasteiger partial charge in [0, 0.05) is 49.2 Å². The third kappa shape index (κ3) is 3.38. The number of benzene rings is 2. The van der Waals surface area contributed by atoms with E-state index in [9.17, 15) is 18.0 Å². The number of amides is 1. The number of H-pyrrole nitrogens is 1. The molecule has 1 fully saturated rings. The normalized spacial score (nSPS) is 14.5. The summed E-state index contributed by atoms with van der Waals surface area (Å²) in [4.78, 5) is 17.0. The predicted molar refractivity (Wildman–Crippen MR) is 99.1 cm³/mol. The summed E-state index contributed by atoms with van der Waals surface area (Å²) in [5.41, 5.74) is 1.95. The fourth-order valence-corrected chi connectivity index (χ4v) is 3.68. The Morgan fingerprint density at radius 1 is 1.11 bits per heavy atom. The minimum atomic E-state index is -0.718. The maximum absolute atomic E-state index is 14.3. The minimum absolute atomic E-state index is 0.0551. The third-order valence-corrected chi connectivity index (χ3v) is 5.22. The molecule has 2 aromatic carbocycles. The van der Waals surface area contributed by atoms with Crippen molar-refractivity contribution >= 4 is 16.8 Å². The molecule has 7 heteroatoms. The summed E-state index contributed by atoms with van der Waals surface area (Å²) in [6, 6.07) is 7.75. The van der Waals surface area contributed by atoms with Crippen molar-refractivity contribution in [2.45, 2.75) is 12.8 Å². The van der Waals surface area contributed by atoms with Gasteiger partial charge in [-0.05, 0) is 47.9 Å². The van der Waals surface area contributed by atoms with Gasteiger partial charge in [-0.3, -0.25) is 4.79 Å². The number of aromatic nitrogens is 1. The molecule has 0 atom stereocenters. The van der Waals surface area contributed by atoms with Gasteiger partial charge in [-0.1, -0.05) is 0 Å². The first-order valence-electron chi connectivity index (χ1n) is 9.10. The van der Waals surface area contributed by atoms with E-state index in [1.807, 2.05) is 0 Å². The van der Waals surface area contributed by atoms with E-state index in [0.717, 1.165) is 6.07 Å². The van der Waals surface area contributed by atoms with Gasteiger partial charge in [0.25, 0.3) is 0 Å². The van der Waals surface area contributed by atoms with Crippen molar-refractivity contribution in [1.29, 1.82) is 0 Å². The van der Waals surface area contributed by atoms with E-state index in [0.29, 0.717) is 35.3 Å². The SMILES string of the molecule is O=C(CCc1c(-c2ccc(F)cc2)[nH]c2c(F)cc(F)cc12)N1CC(CO)C1. The van der Waals surface area contributed by atoms with Gasteiger partial charge in [0.2, 0.25) is 5.91 Å². The molecule has 28 heavy (non-hydrogen) atoms. The number of carbonyl (C=O) groups is 1. The molecule has 0 saturated carbocycles. The van der Waals surface area contributed by atoms with Gasteiger partial charge in [-0.25, -0.2) is 13.2 Å². The number of aromatic amines is 1. The number of rotatable bonds is 5. The van der Waals surface area contributed by atoms with Gasteiger partial charge in [0.15, 0.2) is 0 Å². The first-order chi connectivity index (χ1) is 13.5. The van der Waals surface area contributed by atoms with Crippen LogP contribution in [-0.2, 0) is 11.2 Å². The molecule has 2 N–H and O–H groups in total. The fourth-order valence-electron chi connectivity index (χ4n) is 3.68. The minimum Gasteiger partial charge on any atom is -0.396 e. The molecule has 1 amide bonds. The summed E-state index contributed by atoms with van der Waals surface area (Å²) < 4.78 is 41.4. The molecule has 1 saturated heterocycles. The number of likely N-dealkylation sites (tertiary alicyclic amines) is 1. The van der Waals surface area contributed by atoms with Crippen molar-refractivity contribution < 1.29 is 23.1 Å². The molecule has 0 aliphatic carbocycles.